The number of carbonyl (C=O) groups is 2. The molecule has 1 heterocycles. The number of aryl methyl sites for hydroxylation is 1. The molecule has 0 radical (unpaired) electrons. The number of nitrogens with zero attached hydrogens (tertiary/aromatic N) is 1. The first-order chi connectivity index (χ1) is 13.1. The SMILES string of the molecule is CCc1ccc(OC[C@H](O)CN2C(=O)N[C@@]3(C[C@@H](C)CC(C)(C)C3)C2=O)cc1. The van der Waals surface area contributed by atoms with Gasteiger partial charge in [0.15, 0.2) is 0 Å². The first-order valence-corrected chi connectivity index (χ1v) is 10.2. The highest BCUT2D eigenvalue weighted by atomic mass is 16.5. The van der Waals surface area contributed by atoms with Crippen molar-refractivity contribution < 1.29 is 19.4 Å². The standard InChI is InChI=1S/C22H32N2O4/c1-5-16-6-8-18(9-7-16)28-13-17(25)12-24-19(26)22(23-20(24)27)11-15(2)10-21(3,4)14-22/h6-9,15,17,25H,5,10-14H2,1-4H3,(H,23,27)/t15-,17+,22+/m0/s1. The predicted octanol–water partition coefficient (Wildman–Crippen LogP) is 3.13. The summed E-state index contributed by atoms with van der Waals surface area (Å²) >= 11 is 0. The molecule has 2 aliphatic rings. The number of urea groups is 1. The van der Waals surface area contributed by atoms with Crippen molar-refractivity contribution in [3.63, 3.8) is 0 Å². The molecule has 1 aromatic rings. The van der Waals surface area contributed by atoms with Gasteiger partial charge in [-0.05, 0) is 54.7 Å². The molecular weight excluding hydrogens is 356 g/mol. The Morgan fingerprint density at radius 3 is 2.54 bits per heavy atom. The molecule has 0 unspecified atom stereocenters. The summed E-state index contributed by atoms with van der Waals surface area (Å²) in [5.41, 5.74) is 0.361. The molecule has 2 N–H and O–H groups in total. The van der Waals surface area contributed by atoms with Crippen LogP contribution in [0.2, 0.25) is 0 Å². The monoisotopic (exact) mass is 388 g/mol. The van der Waals surface area contributed by atoms with Crippen LogP contribution < -0.4 is 10.1 Å². The van der Waals surface area contributed by atoms with E-state index < -0.39 is 17.7 Å². The molecule has 154 valence electrons. The van der Waals surface area contributed by atoms with Crippen LogP contribution in [0.15, 0.2) is 24.3 Å². The maximum absolute atomic E-state index is 13.1. The summed E-state index contributed by atoms with van der Waals surface area (Å²) in [6.07, 6.45) is 2.32. The van der Waals surface area contributed by atoms with Gasteiger partial charge in [-0.2, -0.15) is 0 Å². The minimum Gasteiger partial charge on any atom is -0.491 e. The molecule has 1 aromatic carbocycles. The minimum atomic E-state index is -0.940. The van der Waals surface area contributed by atoms with E-state index in [1.807, 2.05) is 24.3 Å². The Morgan fingerprint density at radius 2 is 1.93 bits per heavy atom. The summed E-state index contributed by atoms with van der Waals surface area (Å²) < 4.78 is 5.62. The second-order valence-electron chi connectivity index (χ2n) is 9.24. The van der Waals surface area contributed by atoms with Crippen LogP contribution in [0.25, 0.3) is 0 Å². The summed E-state index contributed by atoms with van der Waals surface area (Å²) in [6.45, 7) is 8.44. The van der Waals surface area contributed by atoms with Crippen LogP contribution >= 0.6 is 0 Å². The van der Waals surface area contributed by atoms with Crippen molar-refractivity contribution in [2.24, 2.45) is 11.3 Å². The fourth-order valence-electron chi connectivity index (χ4n) is 4.95. The first-order valence-electron chi connectivity index (χ1n) is 10.2. The number of imide groups is 1. The van der Waals surface area contributed by atoms with Gasteiger partial charge < -0.3 is 15.2 Å². The Morgan fingerprint density at radius 1 is 1.25 bits per heavy atom. The Kier molecular flexibility index (Phi) is 5.71. The lowest BCUT2D eigenvalue weighted by molar-refractivity contribution is -0.135. The number of amides is 3. The zero-order chi connectivity index (χ0) is 20.5. The van der Waals surface area contributed by atoms with E-state index in [2.05, 4.69) is 33.0 Å². The lowest BCUT2D eigenvalue weighted by Gasteiger charge is -2.43. The van der Waals surface area contributed by atoms with E-state index in [-0.39, 0.29) is 24.5 Å². The Bertz CT molecular complexity index is 731. The van der Waals surface area contributed by atoms with Crippen LogP contribution in [0.3, 0.4) is 0 Å². The predicted molar refractivity (Wildman–Crippen MR) is 107 cm³/mol. The number of aliphatic hydroxyl groups is 1. The third-order valence-electron chi connectivity index (χ3n) is 5.79. The number of hydrogen-bond donors (Lipinski definition) is 2. The molecule has 3 rings (SSSR count). The fraction of sp³-hybridized carbons (Fsp3) is 0.636. The highest BCUT2D eigenvalue weighted by molar-refractivity contribution is 6.07. The third kappa shape index (κ3) is 4.32. The molecule has 1 saturated heterocycles. The molecule has 2 fully saturated rings. The highest BCUT2D eigenvalue weighted by Gasteiger charge is 2.56. The van der Waals surface area contributed by atoms with E-state index in [0.717, 1.165) is 17.7 Å². The fourth-order valence-corrected chi connectivity index (χ4v) is 4.95. The van der Waals surface area contributed by atoms with Crippen molar-refractivity contribution in [2.75, 3.05) is 13.2 Å². The topological polar surface area (TPSA) is 78.9 Å². The summed E-state index contributed by atoms with van der Waals surface area (Å²) in [4.78, 5) is 26.8. The Hall–Kier alpha value is -2.08. The smallest absolute Gasteiger partial charge is 0.325 e. The molecule has 1 aliphatic heterocycles. The molecule has 28 heavy (non-hydrogen) atoms. The third-order valence-corrected chi connectivity index (χ3v) is 5.79. The van der Waals surface area contributed by atoms with Gasteiger partial charge in [-0.25, -0.2) is 4.79 Å². The number of rotatable bonds is 6. The van der Waals surface area contributed by atoms with Crippen molar-refractivity contribution in [2.45, 2.75) is 65.0 Å². The largest absolute Gasteiger partial charge is 0.491 e. The number of benzene rings is 1. The molecule has 0 bridgehead atoms. The van der Waals surface area contributed by atoms with Crippen molar-refractivity contribution in [1.29, 1.82) is 0 Å². The maximum Gasteiger partial charge on any atom is 0.325 e. The van der Waals surface area contributed by atoms with Gasteiger partial charge in [0.25, 0.3) is 5.91 Å². The van der Waals surface area contributed by atoms with Gasteiger partial charge in [-0.15, -0.1) is 0 Å². The molecule has 3 amide bonds. The zero-order valence-electron chi connectivity index (χ0n) is 17.3. The number of carbonyl (C=O) groups excluding carboxylic acids is 2. The van der Waals surface area contributed by atoms with Crippen LogP contribution in [-0.4, -0.2) is 46.7 Å². The Balaban J connectivity index is 1.60. The van der Waals surface area contributed by atoms with Crippen molar-refractivity contribution in [3.05, 3.63) is 29.8 Å². The number of nitrogens with one attached hydrogen (secondary N) is 1. The van der Waals surface area contributed by atoms with Gasteiger partial charge in [0.05, 0.1) is 6.54 Å². The molecule has 6 nitrogen and oxygen atoms in total. The summed E-state index contributed by atoms with van der Waals surface area (Å²) in [7, 11) is 0. The average molecular weight is 389 g/mol. The number of β-amino-alcohol motifs (C(OH)–C–C–N with tert-alkyl or cyclic N) is 1. The van der Waals surface area contributed by atoms with Crippen molar-refractivity contribution >= 4 is 11.9 Å². The lowest BCUT2D eigenvalue weighted by atomic mass is 9.64. The minimum absolute atomic E-state index is 0.0109. The van der Waals surface area contributed by atoms with E-state index in [9.17, 15) is 14.7 Å². The van der Waals surface area contributed by atoms with Crippen LogP contribution in [-0.2, 0) is 11.2 Å². The molecule has 1 aliphatic carbocycles. The average Bonchev–Trinajstić information content (AvgIpc) is 2.82. The number of aliphatic hydroxyl groups excluding tert-OH is 1. The first kappa shape index (κ1) is 20.6. The highest BCUT2D eigenvalue weighted by Crippen LogP contribution is 2.46. The lowest BCUT2D eigenvalue weighted by Crippen LogP contribution is -2.54. The van der Waals surface area contributed by atoms with E-state index in [1.165, 1.54) is 5.56 Å². The molecule has 6 heteroatoms. The van der Waals surface area contributed by atoms with Crippen LogP contribution in [0.1, 0.15) is 52.5 Å². The van der Waals surface area contributed by atoms with Gasteiger partial charge in [-0.1, -0.05) is 39.8 Å². The number of ether oxygens (including phenoxy) is 1. The molecule has 1 saturated carbocycles. The van der Waals surface area contributed by atoms with Gasteiger partial charge in [0.2, 0.25) is 0 Å². The van der Waals surface area contributed by atoms with E-state index in [4.69, 9.17) is 4.74 Å². The molecule has 0 aromatic heterocycles. The Labute approximate surface area is 167 Å². The zero-order valence-corrected chi connectivity index (χ0v) is 17.3. The van der Waals surface area contributed by atoms with Crippen molar-refractivity contribution in [1.82, 2.24) is 10.2 Å². The van der Waals surface area contributed by atoms with E-state index in [0.29, 0.717) is 24.5 Å². The molecular formula is C22H32N2O4. The summed E-state index contributed by atoms with van der Waals surface area (Å²) in [5, 5.41) is 13.3. The number of hydrogen-bond acceptors (Lipinski definition) is 4. The quantitative estimate of drug-likeness (QED) is 0.734. The second-order valence-corrected chi connectivity index (χ2v) is 9.24. The van der Waals surface area contributed by atoms with Crippen molar-refractivity contribution in [3.8, 4) is 5.75 Å². The van der Waals surface area contributed by atoms with E-state index in [1.54, 1.807) is 0 Å². The van der Waals surface area contributed by atoms with Crippen LogP contribution in [0.4, 0.5) is 4.79 Å². The van der Waals surface area contributed by atoms with E-state index >= 15 is 0 Å². The normalized spacial score (nSPS) is 27.8. The maximum atomic E-state index is 13.1. The van der Waals surface area contributed by atoms with Gasteiger partial charge in [0.1, 0.15) is 24.0 Å². The summed E-state index contributed by atoms with van der Waals surface area (Å²) in [5.74, 6) is 0.795. The molecule has 1 spiro atoms. The van der Waals surface area contributed by atoms with Crippen LogP contribution in [0, 0.1) is 11.3 Å². The van der Waals surface area contributed by atoms with Gasteiger partial charge in [0, 0.05) is 0 Å². The second kappa shape index (κ2) is 7.74. The van der Waals surface area contributed by atoms with Gasteiger partial charge >= 0.3 is 6.03 Å². The van der Waals surface area contributed by atoms with Crippen LogP contribution in [0.5, 0.6) is 5.75 Å². The van der Waals surface area contributed by atoms with Gasteiger partial charge in [-0.3, -0.25) is 9.69 Å². The molecule has 3 atom stereocenters. The summed E-state index contributed by atoms with van der Waals surface area (Å²) in [6, 6.07) is 7.27.